The summed E-state index contributed by atoms with van der Waals surface area (Å²) >= 11 is 0. The molecule has 0 amide bonds. The lowest BCUT2D eigenvalue weighted by Crippen LogP contribution is -2.03. The van der Waals surface area contributed by atoms with Crippen LogP contribution in [0.2, 0.25) is 0 Å². The van der Waals surface area contributed by atoms with E-state index in [1.807, 2.05) is 13.8 Å². The van der Waals surface area contributed by atoms with Crippen molar-refractivity contribution < 1.29 is 5.11 Å². The summed E-state index contributed by atoms with van der Waals surface area (Å²) in [5.74, 6) is 0. The van der Waals surface area contributed by atoms with E-state index in [1.54, 1.807) is 0 Å². The van der Waals surface area contributed by atoms with Crippen molar-refractivity contribution in [2.45, 2.75) is 13.8 Å². The molecule has 0 unspecified atom stereocenters. The summed E-state index contributed by atoms with van der Waals surface area (Å²) < 4.78 is 0. The smallest absolute Gasteiger partial charge is 0.0824 e. The third kappa shape index (κ3) is 2.23. The highest BCUT2D eigenvalue weighted by Gasteiger charge is 1.84. The maximum Gasteiger partial charge on any atom is 0.0824 e. The number of rotatable bonds is 1. The molecular formula is C5H11NO. The first kappa shape index (κ1) is 6.50. The minimum absolute atomic E-state index is 0.0255. The Balaban J connectivity index is 3.72. The fourth-order valence-electron chi connectivity index (χ4n) is 0.158. The molecule has 7 heavy (non-hydrogen) atoms. The maximum absolute atomic E-state index is 8.32. The van der Waals surface area contributed by atoms with Gasteiger partial charge in [-0.1, -0.05) is 5.57 Å². The van der Waals surface area contributed by atoms with Gasteiger partial charge in [0, 0.05) is 5.70 Å². The molecule has 0 rings (SSSR count). The average Bonchev–Trinajstić information content (AvgIpc) is 1.65. The number of allylic oxidation sites excluding steroid dienone is 1. The standard InChI is InChI=1S/C5H11NO/c1-4(2)5(6)3-7/h7H,3,6H2,1-2H3. The molecule has 0 aliphatic heterocycles. The van der Waals surface area contributed by atoms with Crippen molar-refractivity contribution in [3.63, 3.8) is 0 Å². The Labute approximate surface area is 43.6 Å². The predicted octanol–water partition coefficient (Wildman–Crippen LogP) is 0.231. The fourth-order valence-corrected chi connectivity index (χ4v) is 0.158. The van der Waals surface area contributed by atoms with Crippen LogP contribution < -0.4 is 5.73 Å². The number of hydrogen-bond acceptors (Lipinski definition) is 2. The van der Waals surface area contributed by atoms with E-state index in [4.69, 9.17) is 10.8 Å². The van der Waals surface area contributed by atoms with E-state index in [0.29, 0.717) is 5.70 Å². The Morgan fingerprint density at radius 1 is 1.57 bits per heavy atom. The van der Waals surface area contributed by atoms with E-state index >= 15 is 0 Å². The number of aliphatic hydroxyl groups is 1. The SMILES string of the molecule is CC(C)=C(N)CO. The molecule has 0 atom stereocenters. The highest BCUT2D eigenvalue weighted by atomic mass is 16.3. The van der Waals surface area contributed by atoms with E-state index in [-0.39, 0.29) is 6.61 Å². The summed E-state index contributed by atoms with van der Waals surface area (Å²) in [4.78, 5) is 0. The predicted molar refractivity (Wildman–Crippen MR) is 29.6 cm³/mol. The molecular weight excluding hydrogens is 90.1 g/mol. The van der Waals surface area contributed by atoms with Gasteiger partial charge in [0.1, 0.15) is 0 Å². The summed E-state index contributed by atoms with van der Waals surface area (Å²) in [5, 5.41) is 8.32. The Kier molecular flexibility index (Phi) is 2.45. The Morgan fingerprint density at radius 3 is 2.00 bits per heavy atom. The molecule has 42 valence electrons. The molecule has 0 spiro atoms. The van der Waals surface area contributed by atoms with Gasteiger partial charge in [-0.25, -0.2) is 0 Å². The lowest BCUT2D eigenvalue weighted by Gasteiger charge is -1.94. The van der Waals surface area contributed by atoms with Crippen LogP contribution in [-0.2, 0) is 0 Å². The molecule has 0 aromatic rings. The van der Waals surface area contributed by atoms with Crippen LogP contribution in [0, 0.1) is 0 Å². The largest absolute Gasteiger partial charge is 0.400 e. The van der Waals surface area contributed by atoms with Crippen LogP contribution in [0.1, 0.15) is 13.8 Å². The topological polar surface area (TPSA) is 46.2 Å². The van der Waals surface area contributed by atoms with Crippen LogP contribution in [0.4, 0.5) is 0 Å². The summed E-state index contributed by atoms with van der Waals surface area (Å²) in [6.45, 7) is 3.71. The highest BCUT2D eigenvalue weighted by Crippen LogP contribution is 1.91. The van der Waals surface area contributed by atoms with Crippen LogP contribution in [0.5, 0.6) is 0 Å². The van der Waals surface area contributed by atoms with Gasteiger partial charge in [-0.15, -0.1) is 0 Å². The van der Waals surface area contributed by atoms with Crippen LogP contribution in [-0.4, -0.2) is 11.7 Å². The fraction of sp³-hybridized carbons (Fsp3) is 0.600. The van der Waals surface area contributed by atoms with Crippen molar-refractivity contribution in [3.8, 4) is 0 Å². The minimum Gasteiger partial charge on any atom is -0.400 e. The molecule has 0 aromatic heterocycles. The van der Waals surface area contributed by atoms with E-state index in [0.717, 1.165) is 5.57 Å². The first-order valence-electron chi connectivity index (χ1n) is 2.21. The van der Waals surface area contributed by atoms with Gasteiger partial charge in [0.05, 0.1) is 6.61 Å². The monoisotopic (exact) mass is 101 g/mol. The van der Waals surface area contributed by atoms with Crippen molar-refractivity contribution in [1.82, 2.24) is 0 Å². The zero-order valence-corrected chi connectivity index (χ0v) is 4.73. The quantitative estimate of drug-likeness (QED) is 0.496. The van der Waals surface area contributed by atoms with Crippen molar-refractivity contribution in [2.24, 2.45) is 5.73 Å². The molecule has 0 aliphatic carbocycles. The van der Waals surface area contributed by atoms with E-state index in [2.05, 4.69) is 0 Å². The summed E-state index contributed by atoms with van der Waals surface area (Å²) in [6.07, 6.45) is 0. The molecule has 0 aromatic carbocycles. The minimum atomic E-state index is -0.0255. The lowest BCUT2D eigenvalue weighted by atomic mass is 10.3. The molecule has 2 nitrogen and oxygen atoms in total. The summed E-state index contributed by atoms with van der Waals surface area (Å²) in [6, 6.07) is 0. The maximum atomic E-state index is 8.32. The van der Waals surface area contributed by atoms with E-state index in [1.165, 1.54) is 0 Å². The second-order valence-electron chi connectivity index (χ2n) is 1.68. The van der Waals surface area contributed by atoms with Gasteiger partial charge >= 0.3 is 0 Å². The lowest BCUT2D eigenvalue weighted by molar-refractivity contribution is 0.328. The molecule has 0 fully saturated rings. The molecule has 2 heteroatoms. The zero-order chi connectivity index (χ0) is 5.86. The van der Waals surface area contributed by atoms with Gasteiger partial charge in [-0.05, 0) is 13.8 Å². The van der Waals surface area contributed by atoms with Gasteiger partial charge in [-0.3, -0.25) is 0 Å². The van der Waals surface area contributed by atoms with Gasteiger partial charge in [0.25, 0.3) is 0 Å². The second-order valence-corrected chi connectivity index (χ2v) is 1.68. The van der Waals surface area contributed by atoms with Gasteiger partial charge in [0.2, 0.25) is 0 Å². The number of hydrogen-bond donors (Lipinski definition) is 2. The van der Waals surface area contributed by atoms with Crippen LogP contribution in [0.25, 0.3) is 0 Å². The van der Waals surface area contributed by atoms with E-state index < -0.39 is 0 Å². The summed E-state index contributed by atoms with van der Waals surface area (Å²) in [7, 11) is 0. The molecule has 0 saturated carbocycles. The zero-order valence-electron chi connectivity index (χ0n) is 4.73. The van der Waals surface area contributed by atoms with E-state index in [9.17, 15) is 0 Å². The third-order valence-electron chi connectivity index (χ3n) is 0.813. The Morgan fingerprint density at radius 2 is 2.00 bits per heavy atom. The van der Waals surface area contributed by atoms with Crippen molar-refractivity contribution in [3.05, 3.63) is 11.3 Å². The molecule has 3 N–H and O–H groups in total. The van der Waals surface area contributed by atoms with Crippen molar-refractivity contribution in [1.29, 1.82) is 0 Å². The second kappa shape index (κ2) is 2.64. The van der Waals surface area contributed by atoms with Crippen molar-refractivity contribution in [2.75, 3.05) is 6.61 Å². The highest BCUT2D eigenvalue weighted by molar-refractivity contribution is 5.04. The number of aliphatic hydroxyl groups excluding tert-OH is 1. The molecule has 0 bridgehead atoms. The van der Waals surface area contributed by atoms with Gasteiger partial charge in [0.15, 0.2) is 0 Å². The van der Waals surface area contributed by atoms with Crippen molar-refractivity contribution >= 4 is 0 Å². The van der Waals surface area contributed by atoms with Crippen LogP contribution >= 0.6 is 0 Å². The normalized spacial score (nSPS) is 8.43. The van der Waals surface area contributed by atoms with Gasteiger partial charge < -0.3 is 10.8 Å². The molecule has 0 aliphatic rings. The van der Waals surface area contributed by atoms with Gasteiger partial charge in [-0.2, -0.15) is 0 Å². The molecule has 0 heterocycles. The summed E-state index contributed by atoms with van der Waals surface area (Å²) in [5.41, 5.74) is 6.80. The van der Waals surface area contributed by atoms with Crippen LogP contribution in [0.3, 0.4) is 0 Å². The number of nitrogens with two attached hydrogens (primary N) is 1. The first-order valence-corrected chi connectivity index (χ1v) is 2.21. The third-order valence-corrected chi connectivity index (χ3v) is 0.813. The Bertz CT molecular complexity index is 82.1. The first-order chi connectivity index (χ1) is 3.18. The molecule has 0 radical (unpaired) electrons. The Hall–Kier alpha value is -0.500. The van der Waals surface area contributed by atoms with Crippen LogP contribution in [0.15, 0.2) is 11.3 Å². The molecule has 0 saturated heterocycles. The average molecular weight is 101 g/mol.